The predicted molar refractivity (Wildman–Crippen MR) is 57.2 cm³/mol. The van der Waals surface area contributed by atoms with Crippen molar-refractivity contribution in [3.63, 3.8) is 0 Å². The Labute approximate surface area is 86.2 Å². The van der Waals surface area contributed by atoms with Crippen molar-refractivity contribution >= 4 is 5.91 Å². The summed E-state index contributed by atoms with van der Waals surface area (Å²) in [6.07, 6.45) is 2.34. The minimum absolute atomic E-state index is 0.119. The number of hydrogen-bond donors (Lipinski definition) is 1. The first kappa shape index (κ1) is 11.5. The zero-order valence-corrected chi connectivity index (χ0v) is 9.42. The lowest BCUT2D eigenvalue weighted by molar-refractivity contribution is -0.122. The third kappa shape index (κ3) is 3.27. The Morgan fingerprint density at radius 1 is 1.43 bits per heavy atom. The molecule has 4 nitrogen and oxygen atoms in total. The number of hydrogen-bond acceptors (Lipinski definition) is 3. The van der Waals surface area contributed by atoms with Crippen molar-refractivity contribution in [2.45, 2.75) is 18.9 Å². The Bertz CT molecular complexity index is 186. The third-order valence-corrected chi connectivity index (χ3v) is 2.93. The molecule has 0 atom stereocenters. The van der Waals surface area contributed by atoms with Gasteiger partial charge < -0.3 is 10.2 Å². The van der Waals surface area contributed by atoms with E-state index in [4.69, 9.17) is 0 Å². The quantitative estimate of drug-likeness (QED) is 0.681. The zero-order valence-electron chi connectivity index (χ0n) is 9.42. The van der Waals surface area contributed by atoms with Gasteiger partial charge in [-0.25, -0.2) is 0 Å². The van der Waals surface area contributed by atoms with Crippen LogP contribution in [0.3, 0.4) is 0 Å². The fraction of sp³-hybridized carbons (Fsp3) is 0.900. The van der Waals surface area contributed by atoms with Gasteiger partial charge in [0.2, 0.25) is 5.91 Å². The molecule has 0 aromatic rings. The standard InChI is InChI=1S/C10H21N3O/c1-11-10(14)8-13-6-4-9(5-7-13)12(2)3/h9H,4-8H2,1-3H3,(H,11,14). The molecule has 82 valence electrons. The normalized spacial score (nSPS) is 20.0. The Balaban J connectivity index is 2.25. The number of likely N-dealkylation sites (N-methyl/N-ethyl adjacent to an activating group) is 1. The molecule has 1 aliphatic heterocycles. The summed E-state index contributed by atoms with van der Waals surface area (Å²) in [4.78, 5) is 15.6. The molecule has 1 rings (SSSR count). The van der Waals surface area contributed by atoms with Crippen LogP contribution in [0.15, 0.2) is 0 Å². The molecular weight excluding hydrogens is 178 g/mol. The van der Waals surface area contributed by atoms with E-state index in [0.29, 0.717) is 12.6 Å². The average Bonchev–Trinajstić information content (AvgIpc) is 2.18. The van der Waals surface area contributed by atoms with E-state index in [1.54, 1.807) is 7.05 Å². The van der Waals surface area contributed by atoms with Gasteiger partial charge in [-0.2, -0.15) is 0 Å². The molecule has 4 heteroatoms. The van der Waals surface area contributed by atoms with Crippen LogP contribution in [0.1, 0.15) is 12.8 Å². The monoisotopic (exact) mass is 199 g/mol. The molecule has 0 bridgehead atoms. The molecule has 0 unspecified atom stereocenters. The molecule has 0 radical (unpaired) electrons. The second kappa shape index (κ2) is 5.32. The molecule has 0 aliphatic carbocycles. The van der Waals surface area contributed by atoms with Gasteiger partial charge in [0.15, 0.2) is 0 Å². The SMILES string of the molecule is CNC(=O)CN1CCC(N(C)C)CC1. The van der Waals surface area contributed by atoms with Crippen LogP contribution in [0.5, 0.6) is 0 Å². The van der Waals surface area contributed by atoms with Gasteiger partial charge in [-0.1, -0.05) is 0 Å². The minimum atomic E-state index is 0.119. The van der Waals surface area contributed by atoms with Gasteiger partial charge in [0.1, 0.15) is 0 Å². The highest BCUT2D eigenvalue weighted by atomic mass is 16.1. The van der Waals surface area contributed by atoms with E-state index in [1.165, 1.54) is 12.8 Å². The van der Waals surface area contributed by atoms with E-state index >= 15 is 0 Å². The summed E-state index contributed by atoms with van der Waals surface area (Å²) in [7, 11) is 5.94. The first-order valence-electron chi connectivity index (χ1n) is 5.23. The van der Waals surface area contributed by atoms with E-state index in [0.717, 1.165) is 13.1 Å². The highest BCUT2D eigenvalue weighted by Gasteiger charge is 2.21. The number of carbonyl (C=O) groups is 1. The molecule has 0 saturated carbocycles. The van der Waals surface area contributed by atoms with E-state index in [-0.39, 0.29) is 5.91 Å². The minimum Gasteiger partial charge on any atom is -0.358 e. The summed E-state index contributed by atoms with van der Waals surface area (Å²) in [5.41, 5.74) is 0. The van der Waals surface area contributed by atoms with Gasteiger partial charge in [-0.05, 0) is 26.9 Å². The van der Waals surface area contributed by atoms with Gasteiger partial charge in [-0.15, -0.1) is 0 Å². The number of piperidine rings is 1. The summed E-state index contributed by atoms with van der Waals surface area (Å²) in [5.74, 6) is 0.119. The van der Waals surface area contributed by atoms with Crippen LogP contribution in [-0.4, -0.2) is 62.5 Å². The lowest BCUT2D eigenvalue weighted by atomic mass is 10.0. The maximum Gasteiger partial charge on any atom is 0.233 e. The van der Waals surface area contributed by atoms with Crippen LogP contribution < -0.4 is 5.32 Å². The van der Waals surface area contributed by atoms with E-state index in [9.17, 15) is 4.79 Å². The van der Waals surface area contributed by atoms with Crippen LogP contribution in [0.2, 0.25) is 0 Å². The second-order valence-corrected chi connectivity index (χ2v) is 4.14. The smallest absolute Gasteiger partial charge is 0.233 e. The summed E-state index contributed by atoms with van der Waals surface area (Å²) < 4.78 is 0. The van der Waals surface area contributed by atoms with Gasteiger partial charge in [-0.3, -0.25) is 9.69 Å². The van der Waals surface area contributed by atoms with Crippen molar-refractivity contribution in [1.82, 2.24) is 15.1 Å². The maximum absolute atomic E-state index is 11.1. The molecule has 1 aliphatic rings. The van der Waals surface area contributed by atoms with Gasteiger partial charge >= 0.3 is 0 Å². The fourth-order valence-electron chi connectivity index (χ4n) is 1.88. The lowest BCUT2D eigenvalue weighted by Crippen LogP contribution is -2.45. The Kier molecular flexibility index (Phi) is 4.35. The molecule has 0 aromatic heterocycles. The highest BCUT2D eigenvalue weighted by molar-refractivity contribution is 5.77. The molecule has 1 amide bonds. The summed E-state index contributed by atoms with van der Waals surface area (Å²) in [6, 6.07) is 0.691. The summed E-state index contributed by atoms with van der Waals surface area (Å²) >= 11 is 0. The molecule has 1 heterocycles. The van der Waals surface area contributed by atoms with Crippen LogP contribution in [0, 0.1) is 0 Å². The molecule has 1 N–H and O–H groups in total. The van der Waals surface area contributed by atoms with E-state index in [2.05, 4.69) is 29.2 Å². The van der Waals surface area contributed by atoms with Crippen molar-refractivity contribution in [1.29, 1.82) is 0 Å². The molecule has 1 saturated heterocycles. The van der Waals surface area contributed by atoms with Gasteiger partial charge in [0, 0.05) is 26.2 Å². The Hall–Kier alpha value is -0.610. The Morgan fingerprint density at radius 3 is 2.43 bits per heavy atom. The average molecular weight is 199 g/mol. The Morgan fingerprint density at radius 2 is 2.00 bits per heavy atom. The number of nitrogens with one attached hydrogen (secondary N) is 1. The number of likely N-dealkylation sites (tertiary alicyclic amines) is 1. The van der Waals surface area contributed by atoms with Crippen molar-refractivity contribution in [3.8, 4) is 0 Å². The largest absolute Gasteiger partial charge is 0.358 e. The second-order valence-electron chi connectivity index (χ2n) is 4.14. The molecule has 14 heavy (non-hydrogen) atoms. The molecule has 0 spiro atoms. The third-order valence-electron chi connectivity index (χ3n) is 2.93. The number of amides is 1. The van der Waals surface area contributed by atoms with Crippen molar-refractivity contribution in [2.24, 2.45) is 0 Å². The van der Waals surface area contributed by atoms with Crippen molar-refractivity contribution < 1.29 is 4.79 Å². The number of nitrogens with zero attached hydrogens (tertiary/aromatic N) is 2. The van der Waals surface area contributed by atoms with Crippen molar-refractivity contribution in [3.05, 3.63) is 0 Å². The molecule has 0 aromatic carbocycles. The van der Waals surface area contributed by atoms with Crippen LogP contribution in [-0.2, 0) is 4.79 Å². The zero-order chi connectivity index (χ0) is 10.6. The van der Waals surface area contributed by atoms with Gasteiger partial charge in [0.25, 0.3) is 0 Å². The number of carbonyl (C=O) groups excluding carboxylic acids is 1. The fourth-order valence-corrected chi connectivity index (χ4v) is 1.88. The van der Waals surface area contributed by atoms with E-state index in [1.807, 2.05) is 0 Å². The van der Waals surface area contributed by atoms with Crippen LogP contribution in [0.25, 0.3) is 0 Å². The number of rotatable bonds is 3. The van der Waals surface area contributed by atoms with Crippen LogP contribution in [0.4, 0.5) is 0 Å². The highest BCUT2D eigenvalue weighted by Crippen LogP contribution is 2.13. The first-order valence-corrected chi connectivity index (χ1v) is 5.23. The van der Waals surface area contributed by atoms with Crippen molar-refractivity contribution in [2.75, 3.05) is 40.8 Å². The van der Waals surface area contributed by atoms with Gasteiger partial charge in [0.05, 0.1) is 6.54 Å². The summed E-state index contributed by atoms with van der Waals surface area (Å²) in [6.45, 7) is 2.63. The lowest BCUT2D eigenvalue weighted by Gasteiger charge is -2.34. The molecule has 1 fully saturated rings. The first-order chi connectivity index (χ1) is 6.63. The summed E-state index contributed by atoms with van der Waals surface area (Å²) in [5, 5.41) is 2.66. The predicted octanol–water partition coefficient (Wildman–Crippen LogP) is -0.242. The van der Waals surface area contributed by atoms with Crippen LogP contribution >= 0.6 is 0 Å². The maximum atomic E-state index is 11.1. The van der Waals surface area contributed by atoms with E-state index < -0.39 is 0 Å². The molecular formula is C10H21N3O. The topological polar surface area (TPSA) is 35.6 Å².